The number of carbonyl (C=O) groups is 1. The van der Waals surface area contributed by atoms with Crippen molar-refractivity contribution in [3.05, 3.63) is 41.3 Å². The molecule has 9 nitrogen and oxygen atoms in total. The second-order valence-corrected chi connectivity index (χ2v) is 7.30. The molecule has 0 amide bonds. The maximum Gasteiger partial charge on any atom is 0.319 e. The molecular weight excluding hydrogens is 438 g/mol. The van der Waals surface area contributed by atoms with Gasteiger partial charge in [-0.3, -0.25) is 9.69 Å². The summed E-state index contributed by atoms with van der Waals surface area (Å²) in [6, 6.07) is 7.80. The van der Waals surface area contributed by atoms with Crippen LogP contribution in [-0.2, 0) is 9.53 Å². The Morgan fingerprint density at radius 3 is 2.93 bits per heavy atom. The Bertz CT molecular complexity index is 986. The minimum absolute atomic E-state index is 0.246. The molecule has 3 rings (SSSR count). The summed E-state index contributed by atoms with van der Waals surface area (Å²) < 4.78 is 5.63. The number of carbonyl (C=O) groups excluding carboxylic acids is 1. The molecule has 0 atom stereocenters. The van der Waals surface area contributed by atoms with Crippen molar-refractivity contribution in [3.8, 4) is 0 Å². The first-order valence-corrected chi connectivity index (χ1v) is 9.84. The highest BCUT2D eigenvalue weighted by Gasteiger charge is 2.09. The monoisotopic (exact) mass is 459 g/mol. The Hall–Kier alpha value is -2.85. The van der Waals surface area contributed by atoms with Crippen molar-refractivity contribution in [2.45, 2.75) is 6.42 Å². The van der Waals surface area contributed by atoms with Crippen molar-refractivity contribution >= 4 is 50.4 Å². The van der Waals surface area contributed by atoms with E-state index in [-0.39, 0.29) is 12.5 Å². The number of methoxy groups -OCH3 is 1. The number of esters is 1. The van der Waals surface area contributed by atoms with Crippen molar-refractivity contribution < 1.29 is 9.53 Å². The van der Waals surface area contributed by atoms with Gasteiger partial charge in [-0.2, -0.15) is 0 Å². The number of hydrogen-bond donors (Lipinski definition) is 2. The van der Waals surface area contributed by atoms with Crippen molar-refractivity contribution in [1.29, 1.82) is 0 Å². The van der Waals surface area contributed by atoms with E-state index in [2.05, 4.69) is 51.2 Å². The summed E-state index contributed by atoms with van der Waals surface area (Å²) in [5.74, 6) is 0.861. The van der Waals surface area contributed by atoms with Crippen LogP contribution < -0.4 is 10.6 Å². The van der Waals surface area contributed by atoms with Gasteiger partial charge in [-0.15, -0.1) is 0 Å². The van der Waals surface area contributed by atoms with E-state index in [0.29, 0.717) is 29.3 Å². The summed E-state index contributed by atoms with van der Waals surface area (Å²) in [7, 11) is 3.26. The average molecular weight is 460 g/mol. The Kier molecular flexibility index (Phi) is 7.25. The van der Waals surface area contributed by atoms with Gasteiger partial charge in [0.1, 0.15) is 17.4 Å². The molecule has 2 heterocycles. The number of anilines is 3. The lowest BCUT2D eigenvalue weighted by molar-refractivity contribution is -0.141. The summed E-state index contributed by atoms with van der Waals surface area (Å²) in [5, 5.41) is 6.48. The van der Waals surface area contributed by atoms with Gasteiger partial charge in [-0.1, -0.05) is 22.0 Å². The predicted octanol–water partition coefficient (Wildman–Crippen LogP) is 2.83. The fraction of sp³-hybridized carbons (Fsp3) is 0.316. The maximum absolute atomic E-state index is 11.3. The van der Waals surface area contributed by atoms with E-state index >= 15 is 0 Å². The van der Waals surface area contributed by atoms with Crippen molar-refractivity contribution in [1.82, 2.24) is 24.8 Å². The lowest BCUT2D eigenvalue weighted by Crippen LogP contribution is -2.28. The molecule has 1 aromatic carbocycles. The van der Waals surface area contributed by atoms with Crippen LogP contribution in [0.4, 0.5) is 17.5 Å². The van der Waals surface area contributed by atoms with Gasteiger partial charge in [0.05, 0.1) is 19.9 Å². The SMILES string of the molecule is COC(=O)CN(C)CCCNc1ncc2ncnc(Nc3cccc(Br)c3)c2n1. The molecule has 0 radical (unpaired) electrons. The largest absolute Gasteiger partial charge is 0.468 e. The van der Waals surface area contributed by atoms with Gasteiger partial charge >= 0.3 is 5.97 Å². The molecule has 0 spiro atoms. The minimum atomic E-state index is -0.246. The van der Waals surface area contributed by atoms with Crippen LogP contribution in [0.2, 0.25) is 0 Å². The highest BCUT2D eigenvalue weighted by Crippen LogP contribution is 2.23. The van der Waals surface area contributed by atoms with Crippen LogP contribution in [0.3, 0.4) is 0 Å². The van der Waals surface area contributed by atoms with Crippen LogP contribution in [0.15, 0.2) is 41.3 Å². The highest BCUT2D eigenvalue weighted by molar-refractivity contribution is 9.10. The van der Waals surface area contributed by atoms with Crippen molar-refractivity contribution in [2.75, 3.05) is 44.4 Å². The van der Waals surface area contributed by atoms with Crippen LogP contribution in [0.25, 0.3) is 11.0 Å². The zero-order valence-electron chi connectivity index (χ0n) is 16.2. The third-order valence-corrected chi connectivity index (χ3v) is 4.58. The molecule has 0 aliphatic rings. The zero-order chi connectivity index (χ0) is 20.6. The summed E-state index contributed by atoms with van der Waals surface area (Å²) in [5.41, 5.74) is 2.18. The predicted molar refractivity (Wildman–Crippen MR) is 115 cm³/mol. The highest BCUT2D eigenvalue weighted by atomic mass is 79.9. The van der Waals surface area contributed by atoms with Crippen molar-refractivity contribution in [3.63, 3.8) is 0 Å². The number of likely N-dealkylation sites (N-methyl/N-ethyl adjacent to an activating group) is 1. The van der Waals surface area contributed by atoms with Gasteiger partial charge in [0.15, 0.2) is 5.82 Å². The molecule has 3 aromatic rings. The van der Waals surface area contributed by atoms with Crippen LogP contribution >= 0.6 is 15.9 Å². The number of nitrogens with zero attached hydrogens (tertiary/aromatic N) is 5. The maximum atomic E-state index is 11.3. The lowest BCUT2D eigenvalue weighted by Gasteiger charge is -2.15. The number of benzene rings is 1. The average Bonchev–Trinajstić information content (AvgIpc) is 2.71. The van der Waals surface area contributed by atoms with Crippen LogP contribution in [-0.4, -0.2) is 64.6 Å². The van der Waals surface area contributed by atoms with E-state index in [1.54, 1.807) is 6.20 Å². The van der Waals surface area contributed by atoms with Gasteiger partial charge in [-0.05, 0) is 31.7 Å². The molecule has 0 bridgehead atoms. The third kappa shape index (κ3) is 6.06. The molecular formula is C19H22BrN7O2. The first kappa shape index (κ1) is 20.9. The Labute approximate surface area is 177 Å². The van der Waals surface area contributed by atoms with E-state index in [0.717, 1.165) is 23.1 Å². The molecule has 0 saturated heterocycles. The molecule has 2 aromatic heterocycles. The fourth-order valence-electron chi connectivity index (χ4n) is 2.65. The molecule has 0 fully saturated rings. The lowest BCUT2D eigenvalue weighted by atomic mass is 10.3. The normalized spacial score (nSPS) is 10.9. The van der Waals surface area contributed by atoms with Crippen LogP contribution in [0, 0.1) is 0 Å². The minimum Gasteiger partial charge on any atom is -0.468 e. The molecule has 152 valence electrons. The number of nitrogens with one attached hydrogen (secondary N) is 2. The first-order chi connectivity index (χ1) is 14.0. The number of aromatic nitrogens is 4. The van der Waals surface area contributed by atoms with Gasteiger partial charge in [0.2, 0.25) is 5.95 Å². The van der Waals surface area contributed by atoms with Gasteiger partial charge in [-0.25, -0.2) is 19.9 Å². The van der Waals surface area contributed by atoms with Gasteiger partial charge < -0.3 is 15.4 Å². The molecule has 29 heavy (non-hydrogen) atoms. The Balaban J connectivity index is 1.64. The van der Waals surface area contributed by atoms with Crippen LogP contribution in [0.5, 0.6) is 0 Å². The summed E-state index contributed by atoms with van der Waals surface area (Å²) in [4.78, 5) is 30.6. The topological polar surface area (TPSA) is 105 Å². The summed E-state index contributed by atoms with van der Waals surface area (Å²) in [6.45, 7) is 1.68. The summed E-state index contributed by atoms with van der Waals surface area (Å²) >= 11 is 3.46. The molecule has 0 saturated carbocycles. The van der Waals surface area contributed by atoms with E-state index in [1.807, 2.05) is 36.2 Å². The zero-order valence-corrected chi connectivity index (χ0v) is 17.8. The van der Waals surface area contributed by atoms with E-state index in [9.17, 15) is 4.79 Å². The quantitative estimate of drug-likeness (QED) is 0.368. The van der Waals surface area contributed by atoms with E-state index in [1.165, 1.54) is 13.4 Å². The molecule has 0 aliphatic heterocycles. The standard InChI is InChI=1S/C19H22BrN7O2/c1-27(11-16(28)29-2)8-4-7-21-19-22-10-15-17(26-19)18(24-12-23-15)25-14-6-3-5-13(20)9-14/h3,5-6,9-10,12H,4,7-8,11H2,1-2H3,(H,21,22,26)(H,23,24,25). The van der Waals surface area contributed by atoms with E-state index < -0.39 is 0 Å². The molecule has 10 heteroatoms. The molecule has 0 aliphatic carbocycles. The molecule has 2 N–H and O–H groups in total. The first-order valence-electron chi connectivity index (χ1n) is 9.04. The summed E-state index contributed by atoms with van der Waals surface area (Å²) in [6.07, 6.45) is 3.97. The second-order valence-electron chi connectivity index (χ2n) is 6.38. The number of ether oxygens (including phenoxy) is 1. The smallest absolute Gasteiger partial charge is 0.319 e. The number of hydrogen-bond acceptors (Lipinski definition) is 9. The molecule has 0 unspecified atom stereocenters. The fourth-order valence-corrected chi connectivity index (χ4v) is 3.05. The van der Waals surface area contributed by atoms with Crippen molar-refractivity contribution in [2.24, 2.45) is 0 Å². The number of halogens is 1. The third-order valence-electron chi connectivity index (χ3n) is 4.09. The number of fused-ring (bicyclic) bond motifs is 1. The van der Waals surface area contributed by atoms with Gasteiger partial charge in [0.25, 0.3) is 0 Å². The second kappa shape index (κ2) is 10.1. The number of rotatable bonds is 9. The van der Waals surface area contributed by atoms with Gasteiger partial charge in [0, 0.05) is 23.2 Å². The van der Waals surface area contributed by atoms with Crippen LogP contribution in [0.1, 0.15) is 6.42 Å². The Morgan fingerprint density at radius 1 is 1.28 bits per heavy atom. The van der Waals surface area contributed by atoms with E-state index in [4.69, 9.17) is 0 Å². The Morgan fingerprint density at radius 2 is 2.14 bits per heavy atom.